The molecule has 1 aromatic rings. The Morgan fingerprint density at radius 2 is 1.84 bits per heavy atom. The summed E-state index contributed by atoms with van der Waals surface area (Å²) in [5, 5.41) is 0.766. The number of halogens is 1. The highest BCUT2D eigenvalue weighted by Crippen LogP contribution is 2.24. The third-order valence-corrected chi connectivity index (χ3v) is 3.67. The highest BCUT2D eigenvalue weighted by molar-refractivity contribution is 6.30. The largest absolute Gasteiger partial charge is 0.368 e. The molecule has 1 aliphatic rings. The summed E-state index contributed by atoms with van der Waals surface area (Å²) < 4.78 is 0. The fourth-order valence-electron chi connectivity index (χ4n) is 2.40. The number of amides is 2. The Bertz CT molecular complexity index is 468. The Balaban J connectivity index is 2.02. The van der Waals surface area contributed by atoms with Crippen molar-refractivity contribution in [3.05, 3.63) is 28.8 Å². The summed E-state index contributed by atoms with van der Waals surface area (Å²) in [5.41, 5.74) is 2.39. The van der Waals surface area contributed by atoms with Gasteiger partial charge in [0.2, 0.25) is 0 Å². The Kier molecular flexibility index (Phi) is 4.20. The second-order valence-electron chi connectivity index (χ2n) is 5.08. The highest BCUT2D eigenvalue weighted by atomic mass is 35.5. The third-order valence-electron chi connectivity index (χ3n) is 3.43. The molecule has 1 saturated heterocycles. The Morgan fingerprint density at radius 3 is 2.37 bits per heavy atom. The number of benzene rings is 1. The van der Waals surface area contributed by atoms with Crippen LogP contribution in [-0.4, -0.2) is 56.1 Å². The molecule has 1 aliphatic heterocycles. The molecule has 0 bridgehead atoms. The van der Waals surface area contributed by atoms with Crippen molar-refractivity contribution in [2.45, 2.75) is 6.92 Å². The number of hydrogen-bond donors (Lipinski definition) is 0. The molecule has 0 radical (unpaired) electrons. The van der Waals surface area contributed by atoms with E-state index < -0.39 is 0 Å². The molecule has 19 heavy (non-hydrogen) atoms. The van der Waals surface area contributed by atoms with E-state index in [0.29, 0.717) is 0 Å². The summed E-state index contributed by atoms with van der Waals surface area (Å²) in [4.78, 5) is 17.7. The van der Waals surface area contributed by atoms with Gasteiger partial charge in [0.25, 0.3) is 0 Å². The summed E-state index contributed by atoms with van der Waals surface area (Å²) in [7, 11) is 3.58. The van der Waals surface area contributed by atoms with Crippen LogP contribution >= 0.6 is 11.6 Å². The smallest absolute Gasteiger partial charge is 0.319 e. The lowest BCUT2D eigenvalue weighted by Gasteiger charge is -2.37. The third kappa shape index (κ3) is 3.13. The number of nitrogens with zero attached hydrogens (tertiary/aromatic N) is 3. The minimum atomic E-state index is 0.0903. The minimum absolute atomic E-state index is 0.0903. The van der Waals surface area contributed by atoms with Crippen LogP contribution in [0.15, 0.2) is 18.2 Å². The summed E-state index contributed by atoms with van der Waals surface area (Å²) in [6, 6.07) is 6.05. The molecule has 0 saturated carbocycles. The monoisotopic (exact) mass is 281 g/mol. The number of carbonyl (C=O) groups is 1. The summed E-state index contributed by atoms with van der Waals surface area (Å²) in [5.74, 6) is 0. The molecule has 0 unspecified atom stereocenters. The molecule has 2 rings (SSSR count). The molecule has 2 amide bonds. The lowest BCUT2D eigenvalue weighted by Crippen LogP contribution is -2.51. The van der Waals surface area contributed by atoms with Gasteiger partial charge in [-0.25, -0.2) is 4.79 Å². The van der Waals surface area contributed by atoms with Crippen molar-refractivity contribution in [2.75, 3.05) is 45.2 Å². The van der Waals surface area contributed by atoms with Gasteiger partial charge in [0.05, 0.1) is 0 Å². The van der Waals surface area contributed by atoms with Crippen LogP contribution in [-0.2, 0) is 0 Å². The number of anilines is 1. The van der Waals surface area contributed by atoms with Gasteiger partial charge in [0.1, 0.15) is 0 Å². The van der Waals surface area contributed by atoms with Gasteiger partial charge in [-0.2, -0.15) is 0 Å². The predicted octanol–water partition coefficient (Wildman–Crippen LogP) is 2.45. The lowest BCUT2D eigenvalue weighted by molar-refractivity contribution is 0.168. The van der Waals surface area contributed by atoms with E-state index in [0.717, 1.165) is 31.2 Å². The Morgan fingerprint density at radius 1 is 1.21 bits per heavy atom. The van der Waals surface area contributed by atoms with Crippen molar-refractivity contribution < 1.29 is 4.79 Å². The first-order chi connectivity index (χ1) is 8.99. The zero-order valence-corrected chi connectivity index (χ0v) is 12.4. The van der Waals surface area contributed by atoms with Crippen molar-refractivity contribution >= 4 is 23.3 Å². The van der Waals surface area contributed by atoms with Gasteiger partial charge >= 0.3 is 6.03 Å². The van der Waals surface area contributed by atoms with E-state index in [1.54, 1.807) is 19.0 Å². The zero-order chi connectivity index (χ0) is 14.0. The molecule has 1 fully saturated rings. The fraction of sp³-hybridized carbons (Fsp3) is 0.500. The van der Waals surface area contributed by atoms with E-state index in [-0.39, 0.29) is 6.03 Å². The van der Waals surface area contributed by atoms with Crippen LogP contribution in [0.2, 0.25) is 5.02 Å². The van der Waals surface area contributed by atoms with Crippen LogP contribution < -0.4 is 4.90 Å². The molecule has 0 aromatic heterocycles. The zero-order valence-electron chi connectivity index (χ0n) is 11.7. The van der Waals surface area contributed by atoms with Crippen LogP contribution in [0.3, 0.4) is 0 Å². The molecule has 104 valence electrons. The van der Waals surface area contributed by atoms with Gasteiger partial charge in [-0.3, -0.25) is 0 Å². The van der Waals surface area contributed by atoms with Gasteiger partial charge in [0.15, 0.2) is 0 Å². The van der Waals surface area contributed by atoms with E-state index in [1.807, 2.05) is 17.0 Å². The predicted molar refractivity (Wildman–Crippen MR) is 79.1 cm³/mol. The van der Waals surface area contributed by atoms with Crippen molar-refractivity contribution in [3.63, 3.8) is 0 Å². The second kappa shape index (κ2) is 5.70. The topological polar surface area (TPSA) is 26.8 Å². The Hall–Kier alpha value is -1.42. The SMILES string of the molecule is Cc1cc(Cl)ccc1N1CCN(C(=O)N(C)C)CC1. The first kappa shape index (κ1) is 14.0. The quantitative estimate of drug-likeness (QED) is 0.791. The van der Waals surface area contributed by atoms with Crippen LogP contribution in [0.4, 0.5) is 10.5 Å². The number of aryl methyl sites for hydroxylation is 1. The molecule has 1 aromatic carbocycles. The summed E-state index contributed by atoms with van der Waals surface area (Å²) in [6.45, 7) is 5.32. The number of hydrogen-bond acceptors (Lipinski definition) is 2. The molecular weight excluding hydrogens is 262 g/mol. The number of carbonyl (C=O) groups excluding carboxylic acids is 1. The number of piperazine rings is 1. The molecule has 4 nitrogen and oxygen atoms in total. The van der Waals surface area contributed by atoms with E-state index in [4.69, 9.17) is 11.6 Å². The lowest BCUT2D eigenvalue weighted by atomic mass is 10.1. The van der Waals surface area contributed by atoms with Crippen LogP contribution in [0, 0.1) is 6.92 Å². The van der Waals surface area contributed by atoms with E-state index in [9.17, 15) is 4.79 Å². The van der Waals surface area contributed by atoms with Crippen LogP contribution in [0.25, 0.3) is 0 Å². The van der Waals surface area contributed by atoms with Crippen molar-refractivity contribution in [1.29, 1.82) is 0 Å². The van der Waals surface area contributed by atoms with Gasteiger partial charge in [0, 0.05) is 51.0 Å². The average Bonchev–Trinajstić information content (AvgIpc) is 2.38. The molecule has 0 atom stereocenters. The maximum Gasteiger partial charge on any atom is 0.319 e. The normalized spacial score (nSPS) is 15.6. The average molecular weight is 282 g/mol. The van der Waals surface area contributed by atoms with E-state index >= 15 is 0 Å². The summed E-state index contributed by atoms with van der Waals surface area (Å²) >= 11 is 5.98. The van der Waals surface area contributed by atoms with Crippen LogP contribution in [0.1, 0.15) is 5.56 Å². The standard InChI is InChI=1S/C14H20ClN3O/c1-11-10-12(15)4-5-13(11)17-6-8-18(9-7-17)14(19)16(2)3/h4-5,10H,6-9H2,1-3H3. The minimum Gasteiger partial charge on any atom is -0.368 e. The number of urea groups is 1. The molecule has 0 spiro atoms. The molecule has 5 heteroatoms. The van der Waals surface area contributed by atoms with Gasteiger partial charge in [-0.05, 0) is 30.7 Å². The van der Waals surface area contributed by atoms with Gasteiger partial charge in [-0.15, -0.1) is 0 Å². The van der Waals surface area contributed by atoms with E-state index in [2.05, 4.69) is 17.9 Å². The summed E-state index contributed by atoms with van der Waals surface area (Å²) in [6.07, 6.45) is 0. The second-order valence-corrected chi connectivity index (χ2v) is 5.52. The first-order valence-corrected chi connectivity index (χ1v) is 6.84. The molecule has 1 heterocycles. The van der Waals surface area contributed by atoms with Crippen molar-refractivity contribution in [3.8, 4) is 0 Å². The molecular formula is C14H20ClN3O. The molecule has 0 N–H and O–H groups in total. The van der Waals surface area contributed by atoms with E-state index in [1.165, 1.54) is 11.3 Å². The maximum atomic E-state index is 11.9. The van der Waals surface area contributed by atoms with Crippen LogP contribution in [0.5, 0.6) is 0 Å². The highest BCUT2D eigenvalue weighted by Gasteiger charge is 2.22. The number of rotatable bonds is 1. The van der Waals surface area contributed by atoms with Crippen molar-refractivity contribution in [1.82, 2.24) is 9.80 Å². The van der Waals surface area contributed by atoms with Crippen molar-refractivity contribution in [2.24, 2.45) is 0 Å². The molecule has 0 aliphatic carbocycles. The first-order valence-electron chi connectivity index (χ1n) is 6.46. The van der Waals surface area contributed by atoms with Gasteiger partial charge < -0.3 is 14.7 Å². The Labute approximate surface area is 119 Å². The maximum absolute atomic E-state index is 11.9. The van der Waals surface area contributed by atoms with Gasteiger partial charge in [-0.1, -0.05) is 11.6 Å². The fourth-order valence-corrected chi connectivity index (χ4v) is 2.62.